The van der Waals surface area contributed by atoms with E-state index in [4.69, 9.17) is 14.6 Å². The Morgan fingerprint density at radius 2 is 1.78 bits per heavy atom. The number of aliphatic hydroxyl groups excluding tert-OH is 1. The van der Waals surface area contributed by atoms with Crippen LogP contribution in [0.1, 0.15) is 27.7 Å². The van der Waals surface area contributed by atoms with E-state index in [1.54, 1.807) is 27.7 Å². The molecule has 0 aliphatic carbocycles. The standard InChI is InChI=1S/C12H22NO5/c1-7(2)10(15)17-11(8(3)4)18-12(16)13-6-9(5)14/h7-9,11,14H,5-6H2,1-4H3,(H,13,16)/t9-,11-/m1/s1. The van der Waals surface area contributed by atoms with Gasteiger partial charge in [-0.05, 0) is 6.92 Å². The van der Waals surface area contributed by atoms with E-state index in [9.17, 15) is 9.59 Å². The molecule has 2 atom stereocenters. The third-order valence-electron chi connectivity index (χ3n) is 1.95. The van der Waals surface area contributed by atoms with Gasteiger partial charge < -0.3 is 19.9 Å². The Bertz CT molecular complexity index is 276. The average Bonchev–Trinajstić information content (AvgIpc) is 2.24. The molecule has 1 radical (unpaired) electrons. The molecule has 105 valence electrons. The van der Waals surface area contributed by atoms with E-state index < -0.39 is 24.5 Å². The van der Waals surface area contributed by atoms with Crippen molar-refractivity contribution < 1.29 is 24.2 Å². The quantitative estimate of drug-likeness (QED) is 0.551. The second-order valence-corrected chi connectivity index (χ2v) is 4.64. The molecule has 0 aromatic carbocycles. The smallest absolute Gasteiger partial charge is 0.410 e. The van der Waals surface area contributed by atoms with Crippen molar-refractivity contribution in [2.75, 3.05) is 6.54 Å². The van der Waals surface area contributed by atoms with Crippen LogP contribution in [0.5, 0.6) is 0 Å². The van der Waals surface area contributed by atoms with E-state index in [1.165, 1.54) is 0 Å². The lowest BCUT2D eigenvalue weighted by atomic mass is 10.2. The van der Waals surface area contributed by atoms with Crippen molar-refractivity contribution in [3.8, 4) is 0 Å². The summed E-state index contributed by atoms with van der Waals surface area (Å²) in [5.41, 5.74) is 0. The molecular formula is C12H22NO5. The van der Waals surface area contributed by atoms with Crippen molar-refractivity contribution in [3.63, 3.8) is 0 Å². The Hall–Kier alpha value is -1.30. The number of rotatable bonds is 6. The molecule has 6 heteroatoms. The van der Waals surface area contributed by atoms with Crippen molar-refractivity contribution in [1.29, 1.82) is 0 Å². The summed E-state index contributed by atoms with van der Waals surface area (Å²) in [7, 11) is 0. The molecular weight excluding hydrogens is 238 g/mol. The van der Waals surface area contributed by atoms with Crippen LogP contribution in [0, 0.1) is 18.8 Å². The Morgan fingerprint density at radius 1 is 1.22 bits per heavy atom. The van der Waals surface area contributed by atoms with Gasteiger partial charge in [0.25, 0.3) is 6.29 Å². The van der Waals surface area contributed by atoms with Crippen LogP contribution in [0.2, 0.25) is 0 Å². The van der Waals surface area contributed by atoms with Crippen LogP contribution < -0.4 is 5.32 Å². The maximum atomic E-state index is 11.4. The summed E-state index contributed by atoms with van der Waals surface area (Å²) < 4.78 is 10.0. The normalized spacial score (nSPS) is 14.2. The van der Waals surface area contributed by atoms with Crippen molar-refractivity contribution in [1.82, 2.24) is 5.32 Å². The SMILES string of the molecule is [CH2][C@@H](O)CNC(=O)O[C@@H](OC(=O)C(C)C)C(C)C. The zero-order chi connectivity index (χ0) is 14.3. The molecule has 0 saturated heterocycles. The van der Waals surface area contributed by atoms with Gasteiger partial charge in [-0.3, -0.25) is 4.79 Å². The summed E-state index contributed by atoms with van der Waals surface area (Å²) in [5.74, 6) is -0.888. The molecule has 6 nitrogen and oxygen atoms in total. The summed E-state index contributed by atoms with van der Waals surface area (Å²) >= 11 is 0. The van der Waals surface area contributed by atoms with Gasteiger partial charge in [0.2, 0.25) is 0 Å². The third kappa shape index (κ3) is 7.11. The molecule has 0 bridgehead atoms. The average molecular weight is 260 g/mol. The highest BCUT2D eigenvalue weighted by Crippen LogP contribution is 2.11. The maximum absolute atomic E-state index is 11.4. The molecule has 0 aromatic heterocycles. The number of hydrogen-bond acceptors (Lipinski definition) is 5. The van der Waals surface area contributed by atoms with Gasteiger partial charge in [0.1, 0.15) is 0 Å². The molecule has 0 saturated carbocycles. The highest BCUT2D eigenvalue weighted by molar-refractivity contribution is 5.72. The highest BCUT2D eigenvalue weighted by Gasteiger charge is 2.24. The molecule has 1 amide bonds. The second-order valence-electron chi connectivity index (χ2n) is 4.64. The van der Waals surface area contributed by atoms with E-state index in [-0.39, 0.29) is 18.4 Å². The Kier molecular flexibility index (Phi) is 7.35. The Balaban J connectivity index is 4.27. The van der Waals surface area contributed by atoms with Crippen LogP contribution in [0.3, 0.4) is 0 Å². The molecule has 18 heavy (non-hydrogen) atoms. The molecule has 0 fully saturated rings. The fourth-order valence-electron chi connectivity index (χ4n) is 0.895. The summed E-state index contributed by atoms with van der Waals surface area (Å²) in [6, 6.07) is 0. The number of carbonyl (C=O) groups excluding carboxylic acids is 2. The number of esters is 1. The van der Waals surface area contributed by atoms with Crippen molar-refractivity contribution in [3.05, 3.63) is 6.92 Å². The first kappa shape index (κ1) is 16.7. The highest BCUT2D eigenvalue weighted by atomic mass is 16.7. The molecule has 0 aliphatic rings. The molecule has 0 aliphatic heterocycles. The first-order valence-electron chi connectivity index (χ1n) is 5.90. The van der Waals surface area contributed by atoms with Gasteiger partial charge in [0.05, 0.1) is 12.0 Å². The van der Waals surface area contributed by atoms with Crippen LogP contribution >= 0.6 is 0 Å². The predicted molar refractivity (Wildman–Crippen MR) is 65.4 cm³/mol. The van der Waals surface area contributed by atoms with Crippen LogP contribution in [-0.4, -0.2) is 36.1 Å². The van der Waals surface area contributed by atoms with Gasteiger partial charge >= 0.3 is 12.1 Å². The van der Waals surface area contributed by atoms with Crippen LogP contribution in [0.4, 0.5) is 4.79 Å². The first-order chi connectivity index (χ1) is 8.23. The van der Waals surface area contributed by atoms with E-state index in [0.717, 1.165) is 0 Å². The van der Waals surface area contributed by atoms with Crippen molar-refractivity contribution >= 4 is 12.1 Å². The number of hydrogen-bond donors (Lipinski definition) is 2. The summed E-state index contributed by atoms with van der Waals surface area (Å²) in [6.07, 6.45) is -2.61. The van der Waals surface area contributed by atoms with Crippen molar-refractivity contribution in [2.24, 2.45) is 11.8 Å². The minimum atomic E-state index is -0.943. The largest absolute Gasteiger partial charge is 0.425 e. The van der Waals surface area contributed by atoms with Gasteiger partial charge in [-0.2, -0.15) is 0 Å². The lowest BCUT2D eigenvalue weighted by molar-refractivity contribution is -0.178. The minimum absolute atomic E-state index is 0.0260. The van der Waals surface area contributed by atoms with Gasteiger partial charge in [-0.15, -0.1) is 0 Å². The summed E-state index contributed by atoms with van der Waals surface area (Å²) in [5, 5.41) is 11.2. The fourth-order valence-corrected chi connectivity index (χ4v) is 0.895. The van der Waals surface area contributed by atoms with Gasteiger partial charge in [0.15, 0.2) is 0 Å². The predicted octanol–water partition coefficient (Wildman–Crippen LogP) is 1.09. The van der Waals surface area contributed by atoms with Crippen molar-refractivity contribution in [2.45, 2.75) is 40.1 Å². The van der Waals surface area contributed by atoms with Gasteiger partial charge in [-0.25, -0.2) is 4.79 Å². The number of ether oxygens (including phenoxy) is 2. The summed E-state index contributed by atoms with van der Waals surface area (Å²) in [6.45, 7) is 10.2. The van der Waals surface area contributed by atoms with Gasteiger partial charge in [0, 0.05) is 12.5 Å². The fraction of sp³-hybridized carbons (Fsp3) is 0.750. The third-order valence-corrected chi connectivity index (χ3v) is 1.95. The minimum Gasteiger partial charge on any atom is -0.425 e. The Morgan fingerprint density at radius 3 is 2.17 bits per heavy atom. The monoisotopic (exact) mass is 260 g/mol. The molecule has 0 heterocycles. The molecule has 0 unspecified atom stereocenters. The van der Waals surface area contributed by atoms with E-state index in [1.807, 2.05) is 0 Å². The molecule has 0 spiro atoms. The second kappa shape index (κ2) is 7.92. The first-order valence-corrected chi connectivity index (χ1v) is 5.90. The van der Waals surface area contributed by atoms with E-state index in [2.05, 4.69) is 12.2 Å². The zero-order valence-corrected chi connectivity index (χ0v) is 11.3. The van der Waals surface area contributed by atoms with E-state index >= 15 is 0 Å². The maximum Gasteiger partial charge on any atom is 0.410 e. The topological polar surface area (TPSA) is 84.9 Å². The molecule has 0 aromatic rings. The number of alkyl carbamates (subject to hydrolysis) is 1. The summed E-state index contributed by atoms with van der Waals surface area (Å²) in [4.78, 5) is 22.8. The number of carbonyl (C=O) groups is 2. The molecule has 2 N–H and O–H groups in total. The number of amides is 1. The number of aliphatic hydroxyl groups is 1. The van der Waals surface area contributed by atoms with Gasteiger partial charge in [-0.1, -0.05) is 27.7 Å². The zero-order valence-electron chi connectivity index (χ0n) is 11.3. The van der Waals surface area contributed by atoms with Crippen LogP contribution in [-0.2, 0) is 14.3 Å². The lowest BCUT2D eigenvalue weighted by Gasteiger charge is -2.22. The Labute approximate surface area is 108 Å². The lowest BCUT2D eigenvalue weighted by Crippen LogP contribution is -2.37. The molecule has 0 rings (SSSR count). The van der Waals surface area contributed by atoms with Crippen LogP contribution in [0.25, 0.3) is 0 Å². The number of nitrogens with one attached hydrogen (secondary N) is 1. The van der Waals surface area contributed by atoms with E-state index in [0.29, 0.717) is 0 Å². The van der Waals surface area contributed by atoms with Crippen LogP contribution in [0.15, 0.2) is 0 Å².